The van der Waals surface area contributed by atoms with E-state index in [0.717, 1.165) is 6.42 Å². The van der Waals surface area contributed by atoms with Crippen LogP contribution in [-0.4, -0.2) is 94.9 Å². The molecule has 218 valence electrons. The number of hydrogen-bond acceptors (Lipinski definition) is 9. The summed E-state index contributed by atoms with van der Waals surface area (Å²) < 4.78 is 32.4. The normalized spacial score (nSPS) is 33.0. The van der Waals surface area contributed by atoms with Crippen LogP contribution < -0.4 is 15.4 Å². The fourth-order valence-corrected chi connectivity index (χ4v) is 7.23. The summed E-state index contributed by atoms with van der Waals surface area (Å²) in [6, 6.07) is -2.10. The molecule has 4 aliphatic rings. The predicted molar refractivity (Wildman–Crippen MR) is 144 cm³/mol. The minimum Gasteiger partial charge on any atom is -0.444 e. The lowest BCUT2D eigenvalue weighted by Gasteiger charge is -2.30. The van der Waals surface area contributed by atoms with Gasteiger partial charge in [-0.05, 0) is 58.6 Å². The second kappa shape index (κ2) is 11.3. The van der Waals surface area contributed by atoms with Crippen molar-refractivity contribution in [1.29, 1.82) is 0 Å². The van der Waals surface area contributed by atoms with E-state index in [9.17, 15) is 32.7 Å². The van der Waals surface area contributed by atoms with Crippen molar-refractivity contribution in [2.45, 2.75) is 93.9 Å². The van der Waals surface area contributed by atoms with Gasteiger partial charge < -0.3 is 25.4 Å². The van der Waals surface area contributed by atoms with Crippen molar-refractivity contribution in [3.05, 3.63) is 12.2 Å². The number of alkyl carbamates (subject to hydrolysis) is 1. The number of amides is 4. The number of carbonyl (C=O) groups is 4. The molecule has 1 saturated heterocycles. The lowest BCUT2D eigenvalue weighted by Crippen LogP contribution is -2.58. The molecule has 4 N–H and O–H groups in total. The second-order valence-corrected chi connectivity index (χ2v) is 14.8. The van der Waals surface area contributed by atoms with E-state index in [-0.39, 0.29) is 25.1 Å². The van der Waals surface area contributed by atoms with Crippen molar-refractivity contribution in [1.82, 2.24) is 20.3 Å². The van der Waals surface area contributed by atoms with Crippen molar-refractivity contribution >= 4 is 45.6 Å². The zero-order valence-corrected chi connectivity index (χ0v) is 24.1. The number of sulfonamides is 1. The molecule has 5 atom stereocenters. The number of thioether (sulfide) groups is 1. The predicted octanol–water partition coefficient (Wildman–Crippen LogP) is 0.408. The van der Waals surface area contributed by atoms with Gasteiger partial charge in [0.1, 0.15) is 23.2 Å². The van der Waals surface area contributed by atoms with Crippen molar-refractivity contribution in [2.24, 2.45) is 5.92 Å². The molecule has 0 bridgehead atoms. The topological polar surface area (TPSA) is 171 Å². The maximum absolute atomic E-state index is 13.6. The number of nitrogens with one attached hydrogen (secondary N) is 3. The molecule has 0 aromatic heterocycles. The number of fused-ring (bicyclic) bond motifs is 2. The molecule has 14 heteroatoms. The maximum Gasteiger partial charge on any atom is 0.408 e. The van der Waals surface area contributed by atoms with Crippen LogP contribution in [-0.2, 0) is 29.1 Å². The monoisotopic (exact) mass is 586 g/mol. The van der Waals surface area contributed by atoms with Crippen LogP contribution in [0.15, 0.2) is 12.2 Å². The fourth-order valence-electron chi connectivity index (χ4n) is 4.86. The SMILES string of the molecule is CC(C)(C)OC(=O)N[C@H]1CSCCC/C=C\[C@@H]2C[C@@]2(C(=O)NS(=O)(=O)C2CC2)NC(=O)[C@@H]2C[C@@H](O)CN2C1=O. The molecular formula is C25H38N4O8S2. The zero-order chi connectivity index (χ0) is 28.6. The summed E-state index contributed by atoms with van der Waals surface area (Å²) in [5.41, 5.74) is -2.23. The Morgan fingerprint density at radius 2 is 1.97 bits per heavy atom. The first-order chi connectivity index (χ1) is 18.2. The van der Waals surface area contributed by atoms with E-state index in [0.29, 0.717) is 25.0 Å². The molecule has 2 aliphatic carbocycles. The number of aliphatic hydroxyl groups excluding tert-OH is 1. The smallest absolute Gasteiger partial charge is 0.408 e. The molecule has 4 rings (SSSR count). The van der Waals surface area contributed by atoms with Crippen LogP contribution in [0.25, 0.3) is 0 Å². The Kier molecular flexibility index (Phi) is 8.58. The van der Waals surface area contributed by atoms with E-state index >= 15 is 0 Å². The van der Waals surface area contributed by atoms with E-state index in [1.54, 1.807) is 20.8 Å². The molecule has 0 aromatic carbocycles. The van der Waals surface area contributed by atoms with E-state index in [2.05, 4.69) is 15.4 Å². The fraction of sp³-hybridized carbons (Fsp3) is 0.760. The third-order valence-electron chi connectivity index (χ3n) is 7.13. The van der Waals surface area contributed by atoms with Crippen molar-refractivity contribution in [2.75, 3.05) is 18.1 Å². The molecule has 3 fully saturated rings. The molecule has 2 heterocycles. The van der Waals surface area contributed by atoms with Gasteiger partial charge >= 0.3 is 6.09 Å². The summed E-state index contributed by atoms with van der Waals surface area (Å²) in [7, 11) is -3.83. The maximum atomic E-state index is 13.6. The first-order valence-corrected chi connectivity index (χ1v) is 16.0. The van der Waals surface area contributed by atoms with Crippen LogP contribution in [0.4, 0.5) is 4.79 Å². The average molecular weight is 587 g/mol. The first kappa shape index (κ1) is 29.7. The van der Waals surface area contributed by atoms with E-state index in [1.807, 2.05) is 12.2 Å². The minimum atomic E-state index is -3.83. The first-order valence-electron chi connectivity index (χ1n) is 13.3. The number of nitrogens with zero attached hydrogens (tertiary/aromatic N) is 1. The number of hydrogen-bond donors (Lipinski definition) is 4. The van der Waals surface area contributed by atoms with Crippen LogP contribution >= 0.6 is 11.8 Å². The Balaban J connectivity index is 1.57. The zero-order valence-electron chi connectivity index (χ0n) is 22.5. The lowest BCUT2D eigenvalue weighted by atomic mass is 10.1. The van der Waals surface area contributed by atoms with Crippen LogP contribution in [0.1, 0.15) is 59.3 Å². The highest BCUT2D eigenvalue weighted by molar-refractivity contribution is 7.99. The molecule has 0 aromatic rings. The summed E-state index contributed by atoms with van der Waals surface area (Å²) in [5.74, 6) is -1.45. The third kappa shape index (κ3) is 7.26. The van der Waals surface area contributed by atoms with Gasteiger partial charge in [-0.25, -0.2) is 13.2 Å². The van der Waals surface area contributed by atoms with Gasteiger partial charge in [0.05, 0.1) is 11.4 Å². The van der Waals surface area contributed by atoms with E-state index in [1.165, 1.54) is 16.7 Å². The molecule has 0 spiro atoms. The molecule has 0 radical (unpaired) electrons. The third-order valence-corrected chi connectivity index (χ3v) is 10.1. The van der Waals surface area contributed by atoms with Gasteiger partial charge in [0.2, 0.25) is 21.8 Å². The summed E-state index contributed by atoms with van der Waals surface area (Å²) in [6.45, 7) is 5.00. The average Bonchev–Trinajstić information content (AvgIpc) is 3.73. The molecule has 0 unspecified atom stereocenters. The molecular weight excluding hydrogens is 548 g/mol. The summed E-state index contributed by atoms with van der Waals surface area (Å²) >= 11 is 1.48. The van der Waals surface area contributed by atoms with Crippen LogP contribution in [0.2, 0.25) is 0 Å². The van der Waals surface area contributed by atoms with Gasteiger partial charge in [-0.15, -0.1) is 0 Å². The van der Waals surface area contributed by atoms with Crippen molar-refractivity contribution in [3.63, 3.8) is 0 Å². The highest BCUT2D eigenvalue weighted by Crippen LogP contribution is 2.46. The van der Waals surface area contributed by atoms with Gasteiger partial charge in [0.15, 0.2) is 0 Å². The summed E-state index contributed by atoms with van der Waals surface area (Å²) in [5, 5.41) is 15.1. The number of aliphatic hydroxyl groups is 1. The number of rotatable bonds is 4. The van der Waals surface area contributed by atoms with Gasteiger partial charge in [-0.3, -0.25) is 19.1 Å². The molecule has 2 saturated carbocycles. The van der Waals surface area contributed by atoms with Gasteiger partial charge in [0.25, 0.3) is 5.91 Å². The largest absolute Gasteiger partial charge is 0.444 e. The number of allylic oxidation sites excluding steroid dienone is 1. The van der Waals surface area contributed by atoms with Crippen LogP contribution in [0.3, 0.4) is 0 Å². The standard InChI is InChI=1S/C25H38N4O8S2/c1-24(2,3)37-23(34)26-18-14-38-10-6-4-5-7-15-12-25(15,22(33)28-39(35,36)17-8-9-17)27-20(31)19-11-16(30)13-29(19)21(18)32/h5,7,15-19,30H,4,6,8-14H2,1-3H3,(H,26,34)(H,27,31)(H,28,33)/b7-5-/t15-,16-,18+,19+,25-/m1/s1. The Bertz CT molecular complexity index is 1130. The quantitative estimate of drug-likeness (QED) is 0.341. The minimum absolute atomic E-state index is 0.0531. The Hall–Kier alpha value is -2.32. The molecule has 2 aliphatic heterocycles. The van der Waals surface area contributed by atoms with Crippen molar-refractivity contribution < 1.29 is 37.4 Å². The van der Waals surface area contributed by atoms with Crippen LogP contribution in [0.5, 0.6) is 0 Å². The van der Waals surface area contributed by atoms with Gasteiger partial charge in [-0.1, -0.05) is 12.2 Å². The molecule has 4 amide bonds. The van der Waals surface area contributed by atoms with Gasteiger partial charge in [-0.2, -0.15) is 11.8 Å². The number of carbonyl (C=O) groups excluding carboxylic acids is 4. The van der Waals surface area contributed by atoms with Crippen LogP contribution in [0, 0.1) is 5.92 Å². The van der Waals surface area contributed by atoms with Crippen molar-refractivity contribution in [3.8, 4) is 0 Å². The Morgan fingerprint density at radius 3 is 2.64 bits per heavy atom. The Labute approximate surface area is 233 Å². The summed E-state index contributed by atoms with van der Waals surface area (Å²) in [6.07, 6.45) is 4.59. The molecule has 39 heavy (non-hydrogen) atoms. The Morgan fingerprint density at radius 1 is 1.26 bits per heavy atom. The number of ether oxygens (including phenoxy) is 1. The lowest BCUT2D eigenvalue weighted by molar-refractivity contribution is -0.140. The molecule has 12 nitrogen and oxygen atoms in total. The summed E-state index contributed by atoms with van der Waals surface area (Å²) in [4.78, 5) is 54.1. The highest BCUT2D eigenvalue weighted by atomic mass is 32.2. The van der Waals surface area contributed by atoms with Gasteiger partial charge in [0, 0.05) is 24.6 Å². The highest BCUT2D eigenvalue weighted by Gasteiger charge is 2.62. The van der Waals surface area contributed by atoms with E-state index < -0.39 is 74.3 Å². The van der Waals surface area contributed by atoms with E-state index in [4.69, 9.17) is 4.74 Å². The second-order valence-electron chi connectivity index (χ2n) is 11.7.